The lowest BCUT2D eigenvalue weighted by Gasteiger charge is -2.09. The first kappa shape index (κ1) is 11.4. The van der Waals surface area contributed by atoms with Gasteiger partial charge in [-0.2, -0.15) is 5.10 Å². The van der Waals surface area contributed by atoms with Gasteiger partial charge in [-0.25, -0.2) is 9.67 Å². The second-order valence-electron chi connectivity index (χ2n) is 3.41. The lowest BCUT2D eigenvalue weighted by Crippen LogP contribution is -2.19. The molecule has 17 heavy (non-hydrogen) atoms. The van der Waals surface area contributed by atoms with E-state index in [4.69, 9.17) is 22.5 Å². The number of amidine groups is 1. The molecule has 0 amide bonds. The van der Waals surface area contributed by atoms with Crippen LogP contribution in [0.5, 0.6) is 0 Å². The highest BCUT2D eigenvalue weighted by molar-refractivity contribution is 6.30. The molecular weight excluding hydrogens is 242 g/mol. The van der Waals surface area contributed by atoms with Crippen molar-refractivity contribution < 1.29 is 5.21 Å². The topological polar surface area (TPSA) is 89.3 Å². The smallest absolute Gasteiger partial charge is 0.174 e. The highest BCUT2D eigenvalue weighted by Gasteiger charge is 2.14. The molecule has 0 bridgehead atoms. The van der Waals surface area contributed by atoms with Gasteiger partial charge in [0.15, 0.2) is 11.7 Å². The zero-order chi connectivity index (χ0) is 12.4. The van der Waals surface area contributed by atoms with Crippen LogP contribution in [0, 0.1) is 6.92 Å². The Morgan fingerprint density at radius 1 is 1.59 bits per heavy atom. The summed E-state index contributed by atoms with van der Waals surface area (Å²) in [4.78, 5) is 4.16. The van der Waals surface area contributed by atoms with Gasteiger partial charge in [-0.3, -0.25) is 0 Å². The summed E-state index contributed by atoms with van der Waals surface area (Å²) in [5, 5.41) is 16.3. The highest BCUT2D eigenvalue weighted by Crippen LogP contribution is 2.17. The van der Waals surface area contributed by atoms with E-state index in [0.717, 1.165) is 5.56 Å². The lowest BCUT2D eigenvalue weighted by molar-refractivity contribution is 0.318. The Hall–Kier alpha value is -2.08. The third-order valence-electron chi connectivity index (χ3n) is 2.27. The van der Waals surface area contributed by atoms with Crippen molar-refractivity contribution in [1.29, 1.82) is 0 Å². The molecule has 0 radical (unpaired) electrons. The van der Waals surface area contributed by atoms with Crippen LogP contribution in [-0.2, 0) is 0 Å². The van der Waals surface area contributed by atoms with E-state index < -0.39 is 0 Å². The SMILES string of the molecule is Cc1ccnc(-n2cc(Cl)cn2)c1/C(N)=N/O. The zero-order valence-corrected chi connectivity index (χ0v) is 9.76. The summed E-state index contributed by atoms with van der Waals surface area (Å²) in [6.45, 7) is 1.84. The Morgan fingerprint density at radius 2 is 2.35 bits per heavy atom. The van der Waals surface area contributed by atoms with Crippen LogP contribution in [0.25, 0.3) is 5.82 Å². The van der Waals surface area contributed by atoms with Gasteiger partial charge in [-0.1, -0.05) is 16.8 Å². The molecule has 2 aromatic rings. The fourth-order valence-electron chi connectivity index (χ4n) is 1.50. The predicted molar refractivity (Wildman–Crippen MR) is 63.6 cm³/mol. The number of oxime groups is 1. The van der Waals surface area contributed by atoms with Crippen molar-refractivity contribution in [1.82, 2.24) is 14.8 Å². The van der Waals surface area contributed by atoms with Crippen molar-refractivity contribution in [2.24, 2.45) is 10.9 Å². The van der Waals surface area contributed by atoms with E-state index in [9.17, 15) is 0 Å². The summed E-state index contributed by atoms with van der Waals surface area (Å²) in [6, 6.07) is 1.77. The molecule has 0 saturated carbocycles. The lowest BCUT2D eigenvalue weighted by atomic mass is 10.1. The number of rotatable bonds is 2. The van der Waals surface area contributed by atoms with Crippen LogP contribution in [0.15, 0.2) is 29.8 Å². The Bertz CT molecular complexity index is 578. The molecule has 0 aliphatic heterocycles. The number of aryl methyl sites for hydroxylation is 1. The molecule has 2 heterocycles. The number of halogens is 1. The van der Waals surface area contributed by atoms with Crippen molar-refractivity contribution in [3.63, 3.8) is 0 Å². The van der Waals surface area contributed by atoms with E-state index in [1.807, 2.05) is 6.92 Å². The number of hydrogen-bond donors (Lipinski definition) is 2. The second-order valence-corrected chi connectivity index (χ2v) is 3.85. The average molecular weight is 252 g/mol. The minimum Gasteiger partial charge on any atom is -0.409 e. The maximum atomic E-state index is 8.77. The van der Waals surface area contributed by atoms with Gasteiger partial charge in [0.2, 0.25) is 0 Å². The monoisotopic (exact) mass is 251 g/mol. The van der Waals surface area contributed by atoms with Gasteiger partial charge in [-0.15, -0.1) is 0 Å². The van der Waals surface area contributed by atoms with Gasteiger partial charge in [0, 0.05) is 6.20 Å². The molecule has 0 saturated heterocycles. The van der Waals surface area contributed by atoms with Crippen LogP contribution in [-0.4, -0.2) is 25.8 Å². The summed E-state index contributed by atoms with van der Waals surface area (Å²) in [5.74, 6) is 0.449. The van der Waals surface area contributed by atoms with Gasteiger partial charge < -0.3 is 10.9 Å². The largest absolute Gasteiger partial charge is 0.409 e. The van der Waals surface area contributed by atoms with Crippen molar-refractivity contribution in [2.45, 2.75) is 6.92 Å². The molecule has 2 rings (SSSR count). The highest BCUT2D eigenvalue weighted by atomic mass is 35.5. The molecule has 6 nitrogen and oxygen atoms in total. The van der Waals surface area contributed by atoms with Crippen LogP contribution in [0.4, 0.5) is 0 Å². The standard InChI is InChI=1S/C10H10ClN5O/c1-6-2-3-13-10(8(6)9(12)15-17)16-5-7(11)4-14-16/h2-5,17H,1H3,(H2,12,15). The number of nitrogens with two attached hydrogens (primary N) is 1. The molecule has 0 unspecified atom stereocenters. The van der Waals surface area contributed by atoms with Crippen LogP contribution in [0.1, 0.15) is 11.1 Å². The molecule has 88 valence electrons. The Morgan fingerprint density at radius 3 is 2.94 bits per heavy atom. The summed E-state index contributed by atoms with van der Waals surface area (Å²) in [7, 11) is 0. The molecule has 0 aromatic carbocycles. The molecule has 0 atom stereocenters. The van der Waals surface area contributed by atoms with Gasteiger partial charge in [0.25, 0.3) is 0 Å². The minimum absolute atomic E-state index is 0.0165. The van der Waals surface area contributed by atoms with Crippen molar-refractivity contribution >= 4 is 17.4 Å². The minimum atomic E-state index is -0.0165. The van der Waals surface area contributed by atoms with Gasteiger partial charge >= 0.3 is 0 Å². The van der Waals surface area contributed by atoms with Crippen LogP contribution < -0.4 is 5.73 Å². The van der Waals surface area contributed by atoms with E-state index >= 15 is 0 Å². The van der Waals surface area contributed by atoms with Crippen molar-refractivity contribution in [3.05, 3.63) is 40.8 Å². The number of aromatic nitrogens is 3. The molecular formula is C10H10ClN5O. The van der Waals surface area contributed by atoms with Gasteiger partial charge in [0.05, 0.1) is 23.0 Å². The van der Waals surface area contributed by atoms with Gasteiger partial charge in [0.1, 0.15) is 0 Å². The maximum Gasteiger partial charge on any atom is 0.174 e. The summed E-state index contributed by atoms with van der Waals surface area (Å²) in [6.07, 6.45) is 4.70. The van der Waals surface area contributed by atoms with Crippen LogP contribution >= 0.6 is 11.6 Å². The fraction of sp³-hybridized carbons (Fsp3) is 0.100. The number of pyridine rings is 1. The Kier molecular flexibility index (Phi) is 2.97. The van der Waals surface area contributed by atoms with Gasteiger partial charge in [-0.05, 0) is 18.6 Å². The maximum absolute atomic E-state index is 8.77. The van der Waals surface area contributed by atoms with E-state index in [-0.39, 0.29) is 5.84 Å². The number of hydrogen-bond acceptors (Lipinski definition) is 4. The summed E-state index contributed by atoms with van der Waals surface area (Å²) >= 11 is 5.79. The number of nitrogens with zero attached hydrogens (tertiary/aromatic N) is 4. The molecule has 7 heteroatoms. The normalized spacial score (nSPS) is 11.8. The Balaban J connectivity index is 2.66. The van der Waals surface area contributed by atoms with Crippen molar-refractivity contribution in [3.8, 4) is 5.82 Å². The average Bonchev–Trinajstić information content (AvgIpc) is 2.74. The third kappa shape index (κ3) is 2.07. The quantitative estimate of drug-likeness (QED) is 0.365. The van der Waals surface area contributed by atoms with E-state index in [1.165, 1.54) is 10.9 Å². The molecule has 2 aromatic heterocycles. The molecule has 0 fully saturated rings. The molecule has 0 spiro atoms. The summed E-state index contributed by atoms with van der Waals surface area (Å²) in [5.41, 5.74) is 6.98. The zero-order valence-electron chi connectivity index (χ0n) is 9.00. The van der Waals surface area contributed by atoms with E-state index in [1.54, 1.807) is 18.5 Å². The van der Waals surface area contributed by atoms with E-state index in [2.05, 4.69) is 15.2 Å². The summed E-state index contributed by atoms with van der Waals surface area (Å²) < 4.78 is 1.47. The molecule has 3 N–H and O–H groups in total. The fourth-order valence-corrected chi connectivity index (χ4v) is 1.64. The van der Waals surface area contributed by atoms with E-state index in [0.29, 0.717) is 16.4 Å². The first-order valence-corrected chi connectivity index (χ1v) is 5.15. The first-order valence-electron chi connectivity index (χ1n) is 4.77. The van der Waals surface area contributed by atoms with Crippen molar-refractivity contribution in [2.75, 3.05) is 0 Å². The Labute approximate surface area is 102 Å². The predicted octanol–water partition coefficient (Wildman–Crippen LogP) is 1.32. The molecule has 0 aliphatic carbocycles. The third-order valence-corrected chi connectivity index (χ3v) is 2.47. The van der Waals surface area contributed by atoms with Crippen LogP contribution in [0.3, 0.4) is 0 Å². The molecule has 0 aliphatic rings. The second kappa shape index (κ2) is 4.42. The first-order chi connectivity index (χ1) is 8.13. The van der Waals surface area contributed by atoms with Crippen LogP contribution in [0.2, 0.25) is 5.02 Å².